The number of aliphatic hydroxyl groups excluding tert-OH is 2. The van der Waals surface area contributed by atoms with Crippen molar-refractivity contribution in [2.75, 3.05) is 0 Å². The van der Waals surface area contributed by atoms with E-state index in [0.717, 1.165) is 5.56 Å². The fourth-order valence-electron chi connectivity index (χ4n) is 1.39. The standard InChI is InChI=1S/C14H18O4/c1-10(2)13(16)18-14(17)12(15)9-8-11-6-4-3-5-7-11/h3-7,12,14-15,17H,1,8-9H2,2H3. The maximum absolute atomic E-state index is 11.1. The molecule has 0 aliphatic carbocycles. The molecule has 0 aliphatic heterocycles. The smallest absolute Gasteiger partial charge is 0.335 e. The predicted octanol–water partition coefficient (Wildman–Crippen LogP) is 1.42. The van der Waals surface area contributed by atoms with Gasteiger partial charge in [-0.1, -0.05) is 36.9 Å². The van der Waals surface area contributed by atoms with Crippen molar-refractivity contribution >= 4 is 5.97 Å². The number of hydrogen-bond acceptors (Lipinski definition) is 4. The Hall–Kier alpha value is -1.65. The van der Waals surface area contributed by atoms with Crippen molar-refractivity contribution in [2.45, 2.75) is 32.2 Å². The molecule has 0 saturated carbocycles. The van der Waals surface area contributed by atoms with E-state index in [1.54, 1.807) is 0 Å². The van der Waals surface area contributed by atoms with Crippen LogP contribution in [0.25, 0.3) is 0 Å². The summed E-state index contributed by atoms with van der Waals surface area (Å²) in [5, 5.41) is 19.1. The number of aliphatic hydroxyl groups is 2. The number of esters is 1. The first-order chi connectivity index (χ1) is 8.50. The zero-order valence-electron chi connectivity index (χ0n) is 10.4. The topological polar surface area (TPSA) is 66.8 Å². The molecule has 4 nitrogen and oxygen atoms in total. The largest absolute Gasteiger partial charge is 0.430 e. The molecular formula is C14H18O4. The number of rotatable bonds is 6. The summed E-state index contributed by atoms with van der Waals surface area (Å²) in [7, 11) is 0. The van der Waals surface area contributed by atoms with Crippen molar-refractivity contribution in [3.05, 3.63) is 48.0 Å². The molecule has 0 saturated heterocycles. The Morgan fingerprint density at radius 3 is 2.50 bits per heavy atom. The molecule has 0 spiro atoms. The van der Waals surface area contributed by atoms with E-state index in [2.05, 4.69) is 11.3 Å². The second kappa shape index (κ2) is 6.93. The lowest BCUT2D eigenvalue weighted by Crippen LogP contribution is -2.31. The van der Waals surface area contributed by atoms with Gasteiger partial charge in [0, 0.05) is 5.57 Å². The lowest BCUT2D eigenvalue weighted by Gasteiger charge is -2.18. The van der Waals surface area contributed by atoms with Gasteiger partial charge in [0.1, 0.15) is 6.10 Å². The summed E-state index contributed by atoms with van der Waals surface area (Å²) in [6.07, 6.45) is -1.70. The third kappa shape index (κ3) is 4.69. The van der Waals surface area contributed by atoms with Crippen LogP contribution >= 0.6 is 0 Å². The second-order valence-corrected chi connectivity index (χ2v) is 4.17. The average Bonchev–Trinajstić information content (AvgIpc) is 2.36. The fraction of sp³-hybridized carbons (Fsp3) is 0.357. The van der Waals surface area contributed by atoms with Gasteiger partial charge in [0.2, 0.25) is 6.29 Å². The molecule has 0 fully saturated rings. The quantitative estimate of drug-likeness (QED) is 0.455. The predicted molar refractivity (Wildman–Crippen MR) is 67.7 cm³/mol. The second-order valence-electron chi connectivity index (χ2n) is 4.17. The lowest BCUT2D eigenvalue weighted by atomic mass is 10.1. The van der Waals surface area contributed by atoms with Crippen molar-refractivity contribution in [2.24, 2.45) is 0 Å². The first-order valence-corrected chi connectivity index (χ1v) is 5.77. The van der Waals surface area contributed by atoms with Crippen molar-refractivity contribution in [3.8, 4) is 0 Å². The Kier molecular flexibility index (Phi) is 5.55. The molecule has 98 valence electrons. The molecule has 1 rings (SSSR count). The summed E-state index contributed by atoms with van der Waals surface area (Å²) < 4.78 is 4.63. The van der Waals surface area contributed by atoms with Gasteiger partial charge >= 0.3 is 5.97 Å². The number of carbonyl (C=O) groups is 1. The number of ether oxygens (including phenoxy) is 1. The first-order valence-electron chi connectivity index (χ1n) is 5.77. The zero-order valence-corrected chi connectivity index (χ0v) is 10.4. The van der Waals surface area contributed by atoms with E-state index in [1.165, 1.54) is 6.92 Å². The Morgan fingerprint density at radius 1 is 1.33 bits per heavy atom. The molecule has 0 heterocycles. The maximum atomic E-state index is 11.1. The van der Waals surface area contributed by atoms with Gasteiger partial charge in [0.05, 0.1) is 0 Å². The van der Waals surface area contributed by atoms with Crippen LogP contribution in [-0.2, 0) is 16.0 Å². The SMILES string of the molecule is C=C(C)C(=O)OC(O)C(O)CCc1ccccc1. The number of benzene rings is 1. The van der Waals surface area contributed by atoms with Crippen LogP contribution in [0.5, 0.6) is 0 Å². The van der Waals surface area contributed by atoms with Crippen molar-refractivity contribution < 1.29 is 19.7 Å². The molecular weight excluding hydrogens is 232 g/mol. The first kappa shape index (κ1) is 14.4. The molecule has 0 bridgehead atoms. The van der Waals surface area contributed by atoms with Gasteiger partial charge < -0.3 is 14.9 Å². The summed E-state index contributed by atoms with van der Waals surface area (Å²) in [5.41, 5.74) is 1.24. The highest BCUT2D eigenvalue weighted by atomic mass is 16.6. The van der Waals surface area contributed by atoms with Gasteiger partial charge in [-0.3, -0.25) is 0 Å². The van der Waals surface area contributed by atoms with E-state index in [9.17, 15) is 15.0 Å². The lowest BCUT2D eigenvalue weighted by molar-refractivity contribution is -0.182. The van der Waals surface area contributed by atoms with Crippen LogP contribution in [-0.4, -0.2) is 28.6 Å². The van der Waals surface area contributed by atoms with Crippen molar-refractivity contribution in [3.63, 3.8) is 0 Å². The van der Waals surface area contributed by atoms with Crippen molar-refractivity contribution in [1.82, 2.24) is 0 Å². The highest BCUT2D eigenvalue weighted by molar-refractivity contribution is 5.87. The number of aryl methyl sites for hydroxylation is 1. The zero-order chi connectivity index (χ0) is 13.5. The van der Waals surface area contributed by atoms with E-state index in [4.69, 9.17) is 0 Å². The van der Waals surface area contributed by atoms with Crippen LogP contribution < -0.4 is 0 Å². The highest BCUT2D eigenvalue weighted by Gasteiger charge is 2.20. The van der Waals surface area contributed by atoms with Gasteiger partial charge in [-0.05, 0) is 25.3 Å². The van der Waals surface area contributed by atoms with E-state index in [1.807, 2.05) is 30.3 Å². The summed E-state index contributed by atoms with van der Waals surface area (Å²) in [6.45, 7) is 4.87. The van der Waals surface area contributed by atoms with Crippen molar-refractivity contribution in [1.29, 1.82) is 0 Å². The molecule has 1 aromatic carbocycles. The van der Waals surface area contributed by atoms with E-state index < -0.39 is 18.4 Å². The number of hydrogen-bond donors (Lipinski definition) is 2. The maximum Gasteiger partial charge on any atom is 0.335 e. The van der Waals surface area contributed by atoms with Gasteiger partial charge in [-0.25, -0.2) is 4.79 Å². The molecule has 4 heteroatoms. The fourth-order valence-corrected chi connectivity index (χ4v) is 1.39. The van der Waals surface area contributed by atoms with Gasteiger partial charge in [0.15, 0.2) is 0 Å². The van der Waals surface area contributed by atoms with Crippen LogP contribution in [0.1, 0.15) is 18.9 Å². The molecule has 0 aromatic heterocycles. The Bertz CT molecular complexity index is 400. The van der Waals surface area contributed by atoms with Gasteiger partial charge in [0.25, 0.3) is 0 Å². The molecule has 2 unspecified atom stereocenters. The van der Waals surface area contributed by atoms with E-state index >= 15 is 0 Å². The van der Waals surface area contributed by atoms with Crippen LogP contribution in [0, 0.1) is 0 Å². The molecule has 0 radical (unpaired) electrons. The minimum atomic E-state index is -1.52. The summed E-state index contributed by atoms with van der Waals surface area (Å²) in [5.74, 6) is -0.707. The summed E-state index contributed by atoms with van der Waals surface area (Å²) >= 11 is 0. The van der Waals surface area contributed by atoms with Gasteiger partial charge in [-0.2, -0.15) is 0 Å². The summed E-state index contributed by atoms with van der Waals surface area (Å²) in [6, 6.07) is 9.57. The molecule has 0 amide bonds. The third-order valence-electron chi connectivity index (χ3n) is 2.48. The van der Waals surface area contributed by atoms with Crippen LogP contribution in [0.3, 0.4) is 0 Å². The Morgan fingerprint density at radius 2 is 1.94 bits per heavy atom. The third-order valence-corrected chi connectivity index (χ3v) is 2.48. The van der Waals surface area contributed by atoms with E-state index in [0.29, 0.717) is 12.8 Å². The molecule has 18 heavy (non-hydrogen) atoms. The molecule has 2 N–H and O–H groups in total. The molecule has 2 atom stereocenters. The molecule has 1 aromatic rings. The Balaban J connectivity index is 2.38. The van der Waals surface area contributed by atoms with Crippen LogP contribution in [0.4, 0.5) is 0 Å². The molecule has 0 aliphatic rings. The Labute approximate surface area is 107 Å². The van der Waals surface area contributed by atoms with Crippen LogP contribution in [0.2, 0.25) is 0 Å². The minimum Gasteiger partial charge on any atom is -0.430 e. The van der Waals surface area contributed by atoms with E-state index in [-0.39, 0.29) is 5.57 Å². The average molecular weight is 250 g/mol. The normalized spacial score (nSPS) is 13.7. The van der Waals surface area contributed by atoms with Crippen LogP contribution in [0.15, 0.2) is 42.5 Å². The monoisotopic (exact) mass is 250 g/mol. The minimum absolute atomic E-state index is 0.185. The van der Waals surface area contributed by atoms with Gasteiger partial charge in [-0.15, -0.1) is 0 Å². The summed E-state index contributed by atoms with van der Waals surface area (Å²) in [4.78, 5) is 11.1. The highest BCUT2D eigenvalue weighted by Crippen LogP contribution is 2.09. The number of carbonyl (C=O) groups excluding carboxylic acids is 1.